The van der Waals surface area contributed by atoms with Gasteiger partial charge in [-0.05, 0) is 129 Å². The summed E-state index contributed by atoms with van der Waals surface area (Å²) in [5, 5.41) is 7.79. The number of ether oxygens (including phenoxy) is 2. The molecule has 5 aromatic rings. The highest BCUT2D eigenvalue weighted by molar-refractivity contribution is 7.99. The van der Waals surface area contributed by atoms with Gasteiger partial charge in [0.2, 0.25) is 0 Å². The van der Waals surface area contributed by atoms with Gasteiger partial charge in [-0.2, -0.15) is 26.7 Å². The van der Waals surface area contributed by atoms with E-state index in [2.05, 4.69) is 167 Å². The van der Waals surface area contributed by atoms with Crippen molar-refractivity contribution < 1.29 is 9.47 Å². The number of benzene rings is 5. The quantitative estimate of drug-likeness (QED) is 0.0669. The van der Waals surface area contributed by atoms with Crippen molar-refractivity contribution in [1.29, 1.82) is 0 Å². The molecule has 0 saturated carbocycles. The lowest BCUT2D eigenvalue weighted by atomic mass is 10.2. The predicted octanol–water partition coefficient (Wildman–Crippen LogP) is 11.8. The Balaban J connectivity index is 1.11. The molecule has 2 aliphatic heterocycles. The molecule has 0 N–H and O–H groups in total. The predicted molar refractivity (Wildman–Crippen MR) is 256 cm³/mol. The zero-order valence-electron chi connectivity index (χ0n) is 33.8. The first-order valence-electron chi connectivity index (χ1n) is 20.2. The van der Waals surface area contributed by atoms with E-state index in [-0.39, 0.29) is 0 Å². The van der Waals surface area contributed by atoms with Crippen molar-refractivity contribution in [3.8, 4) is 11.5 Å². The van der Waals surface area contributed by atoms with Gasteiger partial charge in [0.25, 0.3) is 0 Å². The van der Waals surface area contributed by atoms with Crippen LogP contribution in [0.5, 0.6) is 11.5 Å². The van der Waals surface area contributed by atoms with E-state index in [4.69, 9.17) is 36.1 Å². The van der Waals surface area contributed by atoms with Gasteiger partial charge in [-0.3, -0.25) is 0 Å². The standard InChI is InChI=1S/C50H60O2P4/c1-39-29-30-40(2)53(39,5)35-36-54(6,45-21-11-9-12-22-45)47-25-17-19-43(37-47)51-33-34-52-44-20-18-26-48(38-44)56(8,46-23-13-10-14-24-46)50-28-16-15-27-49(50)55(7)41(3)31-32-42(55)4/h9-28,35-42H,5-8,29-34H2,1-4H3/b36-35-/t39-,40-,41+,42+,54?,56?/m0/s1. The van der Waals surface area contributed by atoms with Crippen LogP contribution in [0.4, 0.5) is 0 Å². The van der Waals surface area contributed by atoms with Crippen LogP contribution in [0.25, 0.3) is 0 Å². The third-order valence-corrected chi connectivity index (χ3v) is 29.6. The number of hydrogen-bond acceptors (Lipinski definition) is 2. The minimum absolute atomic E-state index is 0.425. The fourth-order valence-electron chi connectivity index (χ4n) is 9.00. The molecule has 2 fully saturated rings. The fourth-order valence-corrected chi connectivity index (χ4v) is 23.7. The lowest BCUT2D eigenvalue weighted by Gasteiger charge is -2.39. The van der Waals surface area contributed by atoms with Gasteiger partial charge in [-0.15, -0.1) is 0 Å². The maximum absolute atomic E-state index is 6.45. The molecule has 0 aromatic heterocycles. The first-order chi connectivity index (χ1) is 26.9. The minimum atomic E-state index is -2.28. The summed E-state index contributed by atoms with van der Waals surface area (Å²) in [7, 11) is -7.49. The van der Waals surface area contributed by atoms with Crippen LogP contribution < -0.4 is 41.3 Å². The van der Waals surface area contributed by atoms with Gasteiger partial charge >= 0.3 is 0 Å². The Morgan fingerprint density at radius 3 is 1.61 bits per heavy atom. The number of rotatable bonds is 13. The summed E-state index contributed by atoms with van der Waals surface area (Å²) in [6.45, 7) is 30.6. The van der Waals surface area contributed by atoms with Crippen LogP contribution in [0.15, 0.2) is 145 Å². The largest absolute Gasteiger partial charge is 0.490 e. The van der Waals surface area contributed by atoms with Crippen LogP contribution in [0.1, 0.15) is 53.4 Å². The topological polar surface area (TPSA) is 18.5 Å². The van der Waals surface area contributed by atoms with Crippen molar-refractivity contribution in [3.63, 3.8) is 0 Å². The second-order valence-corrected chi connectivity index (χ2v) is 30.7. The Morgan fingerprint density at radius 2 is 1.02 bits per heavy atom. The van der Waals surface area contributed by atoms with Crippen LogP contribution in [0, 0.1) is 26.7 Å². The van der Waals surface area contributed by atoms with E-state index >= 15 is 0 Å². The van der Waals surface area contributed by atoms with E-state index in [9.17, 15) is 0 Å². The Labute approximate surface area is 341 Å². The fraction of sp³-hybridized carbons (Fsp3) is 0.280. The smallest absolute Gasteiger partial charge is 0.123 e. The van der Waals surface area contributed by atoms with Gasteiger partial charge in [0.1, 0.15) is 35.3 Å². The SMILES string of the molecule is [CH2-][P+](/C=C\[P+]1([CH2-])[C@@H](C)CC[C@@H]1C)(c1ccccc1)c1cccc(OCCOc2cccc([P+]([CH2-])(c3ccccc3)c3ccccc3[P+]3([CH2-])[C@H](C)CC[C@H]3C)c2)c1. The molecule has 7 rings (SSSR count). The Hall–Kier alpha value is -2.84. The molecule has 0 radical (unpaired) electrons. The third-order valence-electron chi connectivity index (χ3n) is 13.1. The van der Waals surface area contributed by atoms with E-state index < -0.39 is 29.0 Å². The van der Waals surface area contributed by atoms with Crippen molar-refractivity contribution in [2.45, 2.75) is 76.0 Å². The van der Waals surface area contributed by atoms with Gasteiger partial charge in [0, 0.05) is 34.8 Å². The van der Waals surface area contributed by atoms with E-state index in [0.29, 0.717) is 35.8 Å². The summed E-state index contributed by atoms with van der Waals surface area (Å²) in [6, 6.07) is 48.0. The summed E-state index contributed by atoms with van der Waals surface area (Å²) < 4.78 is 12.9. The van der Waals surface area contributed by atoms with Gasteiger partial charge in [-0.25, -0.2) is 0 Å². The maximum Gasteiger partial charge on any atom is 0.123 e. The molecule has 6 atom stereocenters. The zero-order valence-corrected chi connectivity index (χ0v) is 37.4. The molecule has 2 saturated heterocycles. The van der Waals surface area contributed by atoms with Crippen molar-refractivity contribution in [2.24, 2.45) is 0 Å². The Bertz CT molecular complexity index is 2100. The molecule has 0 spiro atoms. The number of hydrogen-bond donors (Lipinski definition) is 0. The van der Waals surface area contributed by atoms with Crippen molar-refractivity contribution in [1.82, 2.24) is 0 Å². The molecular weight excluding hydrogens is 756 g/mol. The summed E-state index contributed by atoms with van der Waals surface area (Å²) in [6.07, 6.45) is 5.02. The molecule has 0 aliphatic carbocycles. The highest BCUT2D eigenvalue weighted by atomic mass is 31.2. The average molecular weight is 817 g/mol. The third kappa shape index (κ3) is 7.84. The second-order valence-electron chi connectivity index (χ2n) is 16.3. The van der Waals surface area contributed by atoms with Crippen LogP contribution in [0.3, 0.4) is 0 Å². The molecule has 2 heterocycles. The van der Waals surface area contributed by atoms with Gasteiger partial charge in [0.15, 0.2) is 0 Å². The van der Waals surface area contributed by atoms with Crippen LogP contribution >= 0.6 is 29.0 Å². The van der Waals surface area contributed by atoms with E-state index in [1.54, 1.807) is 0 Å². The van der Waals surface area contributed by atoms with E-state index in [1.807, 2.05) is 6.07 Å². The summed E-state index contributed by atoms with van der Waals surface area (Å²) in [4.78, 5) is 0. The molecule has 6 heteroatoms. The summed E-state index contributed by atoms with van der Waals surface area (Å²) in [5.74, 6) is 6.62. The first-order valence-corrected chi connectivity index (χ1v) is 28.5. The molecule has 56 heavy (non-hydrogen) atoms. The monoisotopic (exact) mass is 816 g/mol. The molecule has 292 valence electrons. The summed E-state index contributed by atoms with van der Waals surface area (Å²) in [5.41, 5.74) is 2.51. The van der Waals surface area contributed by atoms with Crippen LogP contribution in [0.2, 0.25) is 0 Å². The average Bonchev–Trinajstić information content (AvgIpc) is 3.66. The molecule has 2 nitrogen and oxygen atoms in total. The Morgan fingerprint density at radius 1 is 0.554 bits per heavy atom. The zero-order chi connectivity index (χ0) is 39.6. The lowest BCUT2D eigenvalue weighted by Crippen LogP contribution is -2.39. The molecule has 5 aromatic carbocycles. The van der Waals surface area contributed by atoms with Crippen LogP contribution in [-0.2, 0) is 0 Å². The van der Waals surface area contributed by atoms with Gasteiger partial charge in [0.05, 0.1) is 32.9 Å². The van der Waals surface area contributed by atoms with Crippen molar-refractivity contribution >= 4 is 60.9 Å². The minimum Gasteiger partial charge on any atom is -0.490 e. The van der Waals surface area contributed by atoms with Gasteiger partial charge in [-0.1, -0.05) is 75.2 Å². The highest BCUT2D eigenvalue weighted by Crippen LogP contribution is 2.75. The molecular formula is C50H60O2P4. The lowest BCUT2D eigenvalue weighted by molar-refractivity contribution is 0.217. The second kappa shape index (κ2) is 17.2. The molecule has 0 bridgehead atoms. The maximum atomic E-state index is 6.45. The molecule has 2 aliphatic rings. The van der Waals surface area contributed by atoms with Crippen molar-refractivity contribution in [2.75, 3.05) is 13.2 Å². The van der Waals surface area contributed by atoms with E-state index in [0.717, 1.165) is 11.5 Å². The molecule has 0 amide bonds. The first kappa shape index (κ1) is 41.3. The van der Waals surface area contributed by atoms with E-state index in [1.165, 1.54) is 57.5 Å². The highest BCUT2D eigenvalue weighted by Gasteiger charge is 2.49. The summed E-state index contributed by atoms with van der Waals surface area (Å²) >= 11 is 0. The van der Waals surface area contributed by atoms with Crippen LogP contribution in [-0.4, -0.2) is 35.8 Å². The van der Waals surface area contributed by atoms with Gasteiger partial charge < -0.3 is 9.47 Å². The van der Waals surface area contributed by atoms with Crippen molar-refractivity contribution in [3.05, 3.63) is 172 Å². The Kier molecular flexibility index (Phi) is 12.7. The normalized spacial score (nSPS) is 23.7. The molecule has 2 unspecified atom stereocenters.